The lowest BCUT2D eigenvalue weighted by Gasteiger charge is -2.22. The van der Waals surface area contributed by atoms with Gasteiger partial charge in [-0.2, -0.15) is 10.1 Å². The molecular weight excluding hydrogens is 352 g/mol. The van der Waals surface area contributed by atoms with Crippen molar-refractivity contribution in [3.63, 3.8) is 0 Å². The number of fused-ring (bicyclic) bond motifs is 1. The van der Waals surface area contributed by atoms with Crippen LogP contribution in [0.15, 0.2) is 30.6 Å². The first kappa shape index (κ1) is 18.6. The highest BCUT2D eigenvalue weighted by Crippen LogP contribution is 2.33. The van der Waals surface area contributed by atoms with Gasteiger partial charge in [0.2, 0.25) is 0 Å². The summed E-state index contributed by atoms with van der Waals surface area (Å²) in [5.74, 6) is 1.62. The van der Waals surface area contributed by atoms with Crippen LogP contribution >= 0.6 is 0 Å². The molecule has 1 saturated carbocycles. The molecule has 0 N–H and O–H groups in total. The van der Waals surface area contributed by atoms with Crippen LogP contribution in [0.2, 0.25) is 0 Å². The second-order valence-corrected chi connectivity index (χ2v) is 7.61. The Morgan fingerprint density at radius 3 is 2.64 bits per heavy atom. The maximum absolute atomic E-state index is 12.3. The van der Waals surface area contributed by atoms with Gasteiger partial charge in [-0.25, -0.2) is 9.50 Å². The van der Waals surface area contributed by atoms with E-state index in [1.807, 2.05) is 26.0 Å². The van der Waals surface area contributed by atoms with Crippen molar-refractivity contribution in [3.8, 4) is 5.75 Å². The van der Waals surface area contributed by atoms with Crippen molar-refractivity contribution < 1.29 is 9.53 Å². The average molecular weight is 378 g/mol. The van der Waals surface area contributed by atoms with Crippen molar-refractivity contribution in [2.75, 3.05) is 0 Å². The van der Waals surface area contributed by atoms with E-state index >= 15 is 0 Å². The summed E-state index contributed by atoms with van der Waals surface area (Å²) in [6.07, 6.45) is 8.87. The number of aromatic nitrogens is 4. The summed E-state index contributed by atoms with van der Waals surface area (Å²) in [7, 11) is 0. The largest absolute Gasteiger partial charge is 0.427 e. The van der Waals surface area contributed by atoms with Gasteiger partial charge in [-0.3, -0.25) is 4.79 Å². The Balaban J connectivity index is 1.37. The SMILES string of the molecule is Cc1nc2ncnn2c(C)c1CCC(=O)Oc1ccc(C2CCCCC2)cc1. The molecule has 0 aliphatic heterocycles. The molecule has 1 fully saturated rings. The zero-order valence-electron chi connectivity index (χ0n) is 16.5. The average Bonchev–Trinajstić information content (AvgIpc) is 3.17. The van der Waals surface area contributed by atoms with Gasteiger partial charge in [0, 0.05) is 11.4 Å². The molecule has 1 aromatic carbocycles. The minimum absolute atomic E-state index is 0.233. The van der Waals surface area contributed by atoms with Crippen LogP contribution in [0.3, 0.4) is 0 Å². The number of esters is 1. The van der Waals surface area contributed by atoms with Crippen LogP contribution in [0.25, 0.3) is 5.78 Å². The fourth-order valence-corrected chi connectivity index (χ4v) is 4.17. The predicted octanol–water partition coefficient (Wildman–Crippen LogP) is 4.33. The van der Waals surface area contributed by atoms with Crippen molar-refractivity contribution in [2.24, 2.45) is 0 Å². The van der Waals surface area contributed by atoms with E-state index in [0.29, 0.717) is 30.3 Å². The zero-order valence-corrected chi connectivity index (χ0v) is 16.5. The Labute approximate surface area is 165 Å². The van der Waals surface area contributed by atoms with Gasteiger partial charge in [-0.15, -0.1) is 0 Å². The molecule has 0 amide bonds. The smallest absolute Gasteiger partial charge is 0.311 e. The second kappa shape index (κ2) is 8.09. The molecule has 6 nitrogen and oxygen atoms in total. The number of aryl methyl sites for hydroxylation is 2. The Kier molecular flexibility index (Phi) is 5.37. The number of hydrogen-bond donors (Lipinski definition) is 0. The summed E-state index contributed by atoms with van der Waals surface area (Å²) >= 11 is 0. The fraction of sp³-hybridized carbons (Fsp3) is 0.455. The third-order valence-corrected chi connectivity index (χ3v) is 5.76. The molecule has 3 aromatic rings. The number of ether oxygens (including phenoxy) is 1. The van der Waals surface area contributed by atoms with Gasteiger partial charge in [-0.05, 0) is 62.3 Å². The highest BCUT2D eigenvalue weighted by atomic mass is 16.5. The van der Waals surface area contributed by atoms with E-state index in [1.54, 1.807) is 4.52 Å². The van der Waals surface area contributed by atoms with Gasteiger partial charge in [0.05, 0.1) is 6.42 Å². The third kappa shape index (κ3) is 3.91. The van der Waals surface area contributed by atoms with E-state index in [-0.39, 0.29) is 5.97 Å². The summed E-state index contributed by atoms with van der Waals surface area (Å²) in [5, 5.41) is 4.19. The number of hydrogen-bond acceptors (Lipinski definition) is 5. The van der Waals surface area contributed by atoms with Crippen LogP contribution in [0.5, 0.6) is 5.75 Å². The first-order chi connectivity index (χ1) is 13.6. The summed E-state index contributed by atoms with van der Waals surface area (Å²) in [4.78, 5) is 20.9. The molecule has 6 heteroatoms. The number of carbonyl (C=O) groups is 1. The summed E-state index contributed by atoms with van der Waals surface area (Å²) in [6, 6.07) is 8.05. The van der Waals surface area contributed by atoms with Gasteiger partial charge in [0.15, 0.2) is 0 Å². The molecule has 2 aromatic heterocycles. The maximum atomic E-state index is 12.3. The molecule has 28 heavy (non-hydrogen) atoms. The number of benzene rings is 1. The molecule has 1 aliphatic carbocycles. The molecule has 1 aliphatic rings. The number of carbonyl (C=O) groups excluding carboxylic acids is 1. The van der Waals surface area contributed by atoms with Gasteiger partial charge < -0.3 is 4.74 Å². The van der Waals surface area contributed by atoms with Crippen molar-refractivity contribution in [1.29, 1.82) is 0 Å². The third-order valence-electron chi connectivity index (χ3n) is 5.76. The topological polar surface area (TPSA) is 69.4 Å². The van der Waals surface area contributed by atoms with E-state index in [0.717, 1.165) is 17.0 Å². The summed E-state index contributed by atoms with van der Waals surface area (Å²) in [6.45, 7) is 3.91. The first-order valence-electron chi connectivity index (χ1n) is 10.1. The fourth-order valence-electron chi connectivity index (χ4n) is 4.17. The van der Waals surface area contributed by atoms with E-state index in [1.165, 1.54) is 44.0 Å². The summed E-state index contributed by atoms with van der Waals surface area (Å²) < 4.78 is 7.24. The van der Waals surface area contributed by atoms with Crippen LogP contribution in [0, 0.1) is 13.8 Å². The molecule has 0 unspecified atom stereocenters. The monoisotopic (exact) mass is 378 g/mol. The van der Waals surface area contributed by atoms with E-state index in [4.69, 9.17) is 4.74 Å². The molecule has 0 saturated heterocycles. The van der Waals surface area contributed by atoms with Gasteiger partial charge >= 0.3 is 5.97 Å². The lowest BCUT2D eigenvalue weighted by atomic mass is 9.84. The zero-order chi connectivity index (χ0) is 19.5. The minimum atomic E-state index is -0.233. The van der Waals surface area contributed by atoms with Gasteiger partial charge in [0.25, 0.3) is 5.78 Å². The lowest BCUT2D eigenvalue weighted by Crippen LogP contribution is -2.12. The van der Waals surface area contributed by atoms with E-state index in [9.17, 15) is 4.79 Å². The highest BCUT2D eigenvalue weighted by molar-refractivity contribution is 5.72. The summed E-state index contributed by atoms with van der Waals surface area (Å²) in [5.41, 5.74) is 4.22. The second-order valence-electron chi connectivity index (χ2n) is 7.61. The highest BCUT2D eigenvalue weighted by Gasteiger charge is 2.16. The Morgan fingerprint density at radius 2 is 1.89 bits per heavy atom. The molecule has 4 rings (SSSR count). The normalized spacial score (nSPS) is 15.1. The number of nitrogens with zero attached hydrogens (tertiary/aromatic N) is 4. The quantitative estimate of drug-likeness (QED) is 0.488. The van der Waals surface area contributed by atoms with E-state index in [2.05, 4.69) is 27.2 Å². The van der Waals surface area contributed by atoms with Crippen LogP contribution in [0.4, 0.5) is 0 Å². The molecule has 0 bridgehead atoms. The van der Waals surface area contributed by atoms with Gasteiger partial charge in [0.1, 0.15) is 12.1 Å². The molecule has 0 atom stereocenters. The molecular formula is C22H26N4O2. The predicted molar refractivity (Wildman–Crippen MR) is 106 cm³/mol. The molecule has 2 heterocycles. The van der Waals surface area contributed by atoms with Crippen LogP contribution in [-0.4, -0.2) is 25.6 Å². The molecule has 0 radical (unpaired) electrons. The van der Waals surface area contributed by atoms with Crippen molar-refractivity contribution in [2.45, 2.75) is 64.7 Å². The van der Waals surface area contributed by atoms with Crippen LogP contribution < -0.4 is 4.74 Å². The molecule has 146 valence electrons. The van der Waals surface area contributed by atoms with Crippen molar-refractivity contribution in [1.82, 2.24) is 19.6 Å². The standard InChI is InChI=1S/C22H26N4O2/c1-15-20(16(2)26-22(25-15)23-14-24-26)12-13-21(27)28-19-10-8-18(9-11-19)17-6-4-3-5-7-17/h8-11,14,17H,3-7,12-13H2,1-2H3. The minimum Gasteiger partial charge on any atom is -0.427 e. The van der Waals surface area contributed by atoms with Crippen LogP contribution in [0.1, 0.15) is 67.0 Å². The van der Waals surface area contributed by atoms with E-state index < -0.39 is 0 Å². The first-order valence-corrected chi connectivity index (χ1v) is 10.1. The Hall–Kier alpha value is -2.76. The lowest BCUT2D eigenvalue weighted by molar-refractivity contribution is -0.134. The Bertz CT molecular complexity index is 972. The van der Waals surface area contributed by atoms with Crippen molar-refractivity contribution >= 4 is 11.7 Å². The maximum Gasteiger partial charge on any atom is 0.311 e. The van der Waals surface area contributed by atoms with Gasteiger partial charge in [-0.1, -0.05) is 31.4 Å². The van der Waals surface area contributed by atoms with Crippen molar-refractivity contribution in [3.05, 3.63) is 53.1 Å². The Morgan fingerprint density at radius 1 is 1.14 bits per heavy atom. The van der Waals surface area contributed by atoms with Crippen LogP contribution in [-0.2, 0) is 11.2 Å². The molecule has 0 spiro atoms. The number of rotatable bonds is 5.